The van der Waals surface area contributed by atoms with Crippen molar-refractivity contribution in [3.63, 3.8) is 0 Å². The van der Waals surface area contributed by atoms with Crippen LogP contribution in [0.15, 0.2) is 48.5 Å². The maximum Gasteiger partial charge on any atom is 0.122 e. The second-order valence-corrected chi connectivity index (χ2v) is 4.57. The molecule has 19 heavy (non-hydrogen) atoms. The minimum atomic E-state index is 0.0243. The zero-order valence-corrected chi connectivity index (χ0v) is 11.5. The molecule has 0 atom stereocenters. The molecule has 2 aromatic carbocycles. The van der Waals surface area contributed by atoms with E-state index in [-0.39, 0.29) is 5.84 Å². The molecule has 0 bridgehead atoms. The van der Waals surface area contributed by atoms with Gasteiger partial charge in [-0.05, 0) is 37.3 Å². The summed E-state index contributed by atoms with van der Waals surface area (Å²) in [4.78, 5) is 2.12. The molecule has 0 aliphatic heterocycles. The number of rotatable bonds is 4. The van der Waals surface area contributed by atoms with Crippen LogP contribution in [0.25, 0.3) is 0 Å². The second kappa shape index (κ2) is 5.76. The van der Waals surface area contributed by atoms with Crippen LogP contribution in [0.2, 0.25) is 5.02 Å². The molecule has 4 heteroatoms. The first kappa shape index (κ1) is 13.4. The Morgan fingerprint density at radius 1 is 1.21 bits per heavy atom. The van der Waals surface area contributed by atoms with E-state index in [1.165, 1.54) is 0 Å². The Kier molecular flexibility index (Phi) is 4.07. The molecule has 0 spiro atoms. The normalized spacial score (nSPS) is 10.2. The van der Waals surface area contributed by atoms with Crippen LogP contribution in [0.5, 0.6) is 0 Å². The maximum absolute atomic E-state index is 7.42. The van der Waals surface area contributed by atoms with Crippen LogP contribution >= 0.6 is 11.6 Å². The number of amidine groups is 1. The van der Waals surface area contributed by atoms with Crippen molar-refractivity contribution >= 4 is 28.8 Å². The van der Waals surface area contributed by atoms with E-state index in [4.69, 9.17) is 22.7 Å². The number of anilines is 2. The van der Waals surface area contributed by atoms with Gasteiger partial charge in [0, 0.05) is 17.8 Å². The molecule has 3 nitrogen and oxygen atoms in total. The highest BCUT2D eigenvalue weighted by atomic mass is 35.5. The van der Waals surface area contributed by atoms with E-state index in [2.05, 4.69) is 11.8 Å². The zero-order chi connectivity index (χ0) is 13.8. The quantitative estimate of drug-likeness (QED) is 0.658. The van der Waals surface area contributed by atoms with Crippen molar-refractivity contribution in [2.75, 3.05) is 11.4 Å². The first-order chi connectivity index (χ1) is 9.13. The molecular weight excluding hydrogens is 258 g/mol. The van der Waals surface area contributed by atoms with Crippen molar-refractivity contribution in [3.8, 4) is 0 Å². The van der Waals surface area contributed by atoms with Gasteiger partial charge in [-0.1, -0.05) is 29.8 Å². The minimum Gasteiger partial charge on any atom is -0.384 e. The first-order valence-electron chi connectivity index (χ1n) is 6.10. The highest BCUT2D eigenvalue weighted by Gasteiger charge is 2.11. The first-order valence-corrected chi connectivity index (χ1v) is 6.47. The van der Waals surface area contributed by atoms with Gasteiger partial charge in [0.1, 0.15) is 5.84 Å². The number of halogens is 1. The van der Waals surface area contributed by atoms with E-state index in [1.54, 1.807) is 6.07 Å². The van der Waals surface area contributed by atoms with Gasteiger partial charge in [0.15, 0.2) is 0 Å². The fraction of sp³-hybridized carbons (Fsp3) is 0.133. The molecule has 0 unspecified atom stereocenters. The maximum atomic E-state index is 7.42. The molecule has 0 saturated carbocycles. The van der Waals surface area contributed by atoms with Gasteiger partial charge in [0.25, 0.3) is 0 Å². The predicted molar refractivity (Wildman–Crippen MR) is 81.6 cm³/mol. The third-order valence-corrected chi connectivity index (χ3v) is 3.24. The zero-order valence-electron chi connectivity index (χ0n) is 10.7. The van der Waals surface area contributed by atoms with Crippen LogP contribution in [0, 0.1) is 5.41 Å². The van der Waals surface area contributed by atoms with Gasteiger partial charge in [-0.25, -0.2) is 0 Å². The van der Waals surface area contributed by atoms with E-state index in [1.807, 2.05) is 42.5 Å². The fourth-order valence-electron chi connectivity index (χ4n) is 1.99. The molecule has 2 rings (SSSR count). The number of nitrogens with zero attached hydrogens (tertiary/aromatic N) is 1. The van der Waals surface area contributed by atoms with Crippen LogP contribution in [0.4, 0.5) is 11.4 Å². The number of nitrogen functional groups attached to an aromatic ring is 1. The van der Waals surface area contributed by atoms with Crippen LogP contribution < -0.4 is 10.6 Å². The van der Waals surface area contributed by atoms with E-state index in [0.717, 1.165) is 17.9 Å². The average Bonchev–Trinajstić information content (AvgIpc) is 2.42. The van der Waals surface area contributed by atoms with Crippen LogP contribution in [0.3, 0.4) is 0 Å². The lowest BCUT2D eigenvalue weighted by Gasteiger charge is -2.24. The minimum absolute atomic E-state index is 0.0243. The van der Waals surface area contributed by atoms with Crippen molar-refractivity contribution in [2.24, 2.45) is 5.73 Å². The topological polar surface area (TPSA) is 53.1 Å². The SMILES string of the molecule is CCN(c1ccccc1)c1ccc(C(=N)N)cc1Cl. The van der Waals surface area contributed by atoms with E-state index in [9.17, 15) is 0 Å². The third kappa shape index (κ3) is 2.88. The van der Waals surface area contributed by atoms with Gasteiger partial charge >= 0.3 is 0 Å². The lowest BCUT2D eigenvalue weighted by atomic mass is 10.1. The van der Waals surface area contributed by atoms with Crippen molar-refractivity contribution in [1.82, 2.24) is 0 Å². The summed E-state index contributed by atoms with van der Waals surface area (Å²) < 4.78 is 0. The number of nitrogens with one attached hydrogen (secondary N) is 1. The largest absolute Gasteiger partial charge is 0.384 e. The van der Waals surface area contributed by atoms with E-state index < -0.39 is 0 Å². The molecule has 0 amide bonds. The Labute approximate surface area is 118 Å². The summed E-state index contributed by atoms with van der Waals surface area (Å²) in [5, 5.41) is 8.02. The standard InChI is InChI=1S/C15H16ClN3/c1-2-19(12-6-4-3-5-7-12)14-9-8-11(15(17)18)10-13(14)16/h3-10H,2H2,1H3,(H3,17,18). The second-order valence-electron chi connectivity index (χ2n) is 4.16. The third-order valence-electron chi connectivity index (χ3n) is 2.93. The molecule has 98 valence electrons. The molecule has 0 aliphatic rings. The Morgan fingerprint density at radius 3 is 2.42 bits per heavy atom. The smallest absolute Gasteiger partial charge is 0.122 e. The summed E-state index contributed by atoms with van der Waals surface area (Å²) in [5.74, 6) is 0.0243. The summed E-state index contributed by atoms with van der Waals surface area (Å²) in [6.45, 7) is 2.88. The monoisotopic (exact) mass is 273 g/mol. The summed E-state index contributed by atoms with van der Waals surface area (Å²) in [6.07, 6.45) is 0. The Balaban J connectivity index is 2.42. The molecular formula is C15H16ClN3. The predicted octanol–water partition coefficient (Wildman–Crippen LogP) is 3.78. The van der Waals surface area contributed by atoms with Crippen molar-refractivity contribution in [1.29, 1.82) is 5.41 Å². The van der Waals surface area contributed by atoms with Crippen molar-refractivity contribution in [2.45, 2.75) is 6.92 Å². The molecule has 0 radical (unpaired) electrons. The van der Waals surface area contributed by atoms with Crippen LogP contribution in [-0.2, 0) is 0 Å². The highest BCUT2D eigenvalue weighted by molar-refractivity contribution is 6.33. The number of para-hydroxylation sites is 1. The average molecular weight is 274 g/mol. The number of hydrogen-bond donors (Lipinski definition) is 2. The molecule has 0 heterocycles. The van der Waals surface area contributed by atoms with Gasteiger partial charge in [-0.2, -0.15) is 0 Å². The lowest BCUT2D eigenvalue weighted by molar-refractivity contribution is 1.02. The lowest BCUT2D eigenvalue weighted by Crippen LogP contribution is -2.17. The summed E-state index contributed by atoms with van der Waals surface area (Å²) in [6, 6.07) is 15.5. The van der Waals surface area contributed by atoms with Gasteiger partial charge < -0.3 is 10.6 Å². The molecule has 0 aliphatic carbocycles. The van der Waals surface area contributed by atoms with Crippen molar-refractivity contribution in [3.05, 3.63) is 59.1 Å². The summed E-state index contributed by atoms with van der Waals surface area (Å²) >= 11 is 6.30. The van der Waals surface area contributed by atoms with Gasteiger partial charge in [0.05, 0.1) is 10.7 Å². The Morgan fingerprint density at radius 2 is 1.89 bits per heavy atom. The number of hydrogen-bond acceptors (Lipinski definition) is 2. The molecule has 0 saturated heterocycles. The molecule has 0 fully saturated rings. The Hall–Kier alpha value is -2.00. The van der Waals surface area contributed by atoms with Crippen LogP contribution in [-0.4, -0.2) is 12.4 Å². The van der Waals surface area contributed by atoms with Crippen molar-refractivity contribution < 1.29 is 0 Å². The fourth-order valence-corrected chi connectivity index (χ4v) is 2.28. The van der Waals surface area contributed by atoms with Gasteiger partial charge in [-0.15, -0.1) is 0 Å². The van der Waals surface area contributed by atoms with Crippen LogP contribution in [0.1, 0.15) is 12.5 Å². The molecule has 0 aromatic heterocycles. The summed E-state index contributed by atoms with van der Waals surface area (Å²) in [7, 11) is 0. The van der Waals surface area contributed by atoms with Gasteiger partial charge in [0.2, 0.25) is 0 Å². The Bertz CT molecular complexity index is 581. The van der Waals surface area contributed by atoms with Gasteiger partial charge in [-0.3, -0.25) is 5.41 Å². The molecule has 2 aromatic rings. The molecule has 3 N–H and O–H groups in total. The highest BCUT2D eigenvalue weighted by Crippen LogP contribution is 2.32. The summed E-state index contributed by atoms with van der Waals surface area (Å²) in [5.41, 5.74) is 8.10. The number of nitrogens with two attached hydrogens (primary N) is 1. The number of benzene rings is 2. The van der Waals surface area contributed by atoms with E-state index in [0.29, 0.717) is 10.6 Å². The van der Waals surface area contributed by atoms with E-state index >= 15 is 0 Å².